The maximum atomic E-state index is 11.9. The molecule has 0 unspecified atom stereocenters. The van der Waals surface area contributed by atoms with E-state index in [0.29, 0.717) is 19.0 Å². The van der Waals surface area contributed by atoms with E-state index in [9.17, 15) is 9.59 Å². The number of carboxylic acids is 1. The molecule has 0 bridgehead atoms. The molecular weight excluding hydrogens is 312 g/mol. The molecule has 8 heteroatoms. The Hall–Kier alpha value is -2.35. The van der Waals surface area contributed by atoms with Gasteiger partial charge in [-0.25, -0.2) is 9.78 Å². The Morgan fingerprint density at radius 3 is 2.83 bits per heavy atom. The van der Waals surface area contributed by atoms with Crippen molar-refractivity contribution in [2.24, 2.45) is 0 Å². The summed E-state index contributed by atoms with van der Waals surface area (Å²) in [5.74, 6) is -0.312. The summed E-state index contributed by atoms with van der Waals surface area (Å²) in [6, 6.07) is 3.67. The number of rotatable bonds is 8. The van der Waals surface area contributed by atoms with Gasteiger partial charge in [0.2, 0.25) is 5.88 Å². The fourth-order valence-electron chi connectivity index (χ4n) is 2.77. The maximum absolute atomic E-state index is 11.9. The fourth-order valence-corrected chi connectivity index (χ4v) is 2.77. The van der Waals surface area contributed by atoms with Gasteiger partial charge in [-0.2, -0.15) is 0 Å². The van der Waals surface area contributed by atoms with Crippen molar-refractivity contribution < 1.29 is 19.4 Å². The van der Waals surface area contributed by atoms with E-state index in [1.165, 1.54) is 0 Å². The van der Waals surface area contributed by atoms with Crippen LogP contribution in [0.1, 0.15) is 25.3 Å². The highest BCUT2D eigenvalue weighted by molar-refractivity contribution is 5.74. The van der Waals surface area contributed by atoms with Crippen molar-refractivity contribution >= 4 is 12.0 Å². The molecule has 132 valence electrons. The van der Waals surface area contributed by atoms with Crippen LogP contribution in [0.3, 0.4) is 0 Å². The first-order chi connectivity index (χ1) is 11.5. The lowest BCUT2D eigenvalue weighted by molar-refractivity contribution is -0.139. The van der Waals surface area contributed by atoms with Crippen molar-refractivity contribution in [3.8, 4) is 5.88 Å². The molecule has 0 radical (unpaired) electrons. The number of aromatic nitrogens is 1. The van der Waals surface area contributed by atoms with Gasteiger partial charge in [0.25, 0.3) is 0 Å². The van der Waals surface area contributed by atoms with Crippen LogP contribution in [0.15, 0.2) is 18.3 Å². The number of urea groups is 1. The number of ether oxygens (including phenoxy) is 1. The monoisotopic (exact) mass is 336 g/mol. The van der Waals surface area contributed by atoms with Gasteiger partial charge < -0.3 is 20.5 Å². The third-order valence-corrected chi connectivity index (χ3v) is 4.17. The van der Waals surface area contributed by atoms with Gasteiger partial charge in [-0.15, -0.1) is 0 Å². The molecule has 0 spiro atoms. The summed E-state index contributed by atoms with van der Waals surface area (Å²) in [6.07, 6.45) is 3.18. The second-order valence-electron chi connectivity index (χ2n) is 5.81. The first kappa shape index (κ1) is 18.0. The number of likely N-dealkylation sites (N-methyl/N-ethyl adjacent to an activating group) is 1. The van der Waals surface area contributed by atoms with Crippen molar-refractivity contribution in [1.82, 2.24) is 20.5 Å². The molecule has 1 saturated carbocycles. The predicted octanol–water partition coefficient (Wildman–Crippen LogP) is 0.827. The second kappa shape index (κ2) is 8.49. The summed E-state index contributed by atoms with van der Waals surface area (Å²) >= 11 is 0. The fraction of sp³-hybridized carbons (Fsp3) is 0.562. The molecule has 1 fully saturated rings. The van der Waals surface area contributed by atoms with E-state index in [0.717, 1.165) is 18.4 Å². The van der Waals surface area contributed by atoms with Gasteiger partial charge in [-0.3, -0.25) is 9.69 Å². The summed E-state index contributed by atoms with van der Waals surface area (Å²) in [7, 11) is 1.54. The van der Waals surface area contributed by atoms with E-state index in [-0.39, 0.29) is 24.7 Å². The smallest absolute Gasteiger partial charge is 0.317 e. The number of aliphatic carboxylic acids is 1. The lowest BCUT2D eigenvalue weighted by Crippen LogP contribution is -2.56. The third kappa shape index (κ3) is 5.09. The molecule has 0 saturated heterocycles. The zero-order chi connectivity index (χ0) is 17.5. The number of methoxy groups -OCH3 is 1. The summed E-state index contributed by atoms with van der Waals surface area (Å²) < 4.78 is 5.04. The van der Waals surface area contributed by atoms with E-state index < -0.39 is 5.97 Å². The van der Waals surface area contributed by atoms with Crippen LogP contribution in [0, 0.1) is 0 Å². The third-order valence-electron chi connectivity index (χ3n) is 4.17. The van der Waals surface area contributed by atoms with Gasteiger partial charge in [-0.05, 0) is 31.0 Å². The van der Waals surface area contributed by atoms with Crippen LogP contribution in [0.25, 0.3) is 0 Å². The van der Waals surface area contributed by atoms with Crippen molar-refractivity contribution in [2.45, 2.75) is 38.4 Å². The Balaban J connectivity index is 1.69. The zero-order valence-corrected chi connectivity index (χ0v) is 14.0. The number of hydrogen-bond acceptors (Lipinski definition) is 5. The average molecular weight is 336 g/mol. The number of nitrogens with one attached hydrogen (secondary N) is 2. The normalized spacial score (nSPS) is 19.5. The van der Waals surface area contributed by atoms with Gasteiger partial charge in [0, 0.05) is 30.9 Å². The molecule has 3 N–H and O–H groups in total. The summed E-state index contributed by atoms with van der Waals surface area (Å²) in [6.45, 7) is 3.07. The van der Waals surface area contributed by atoms with Gasteiger partial charge in [0.15, 0.2) is 0 Å². The van der Waals surface area contributed by atoms with E-state index >= 15 is 0 Å². The van der Waals surface area contributed by atoms with Crippen molar-refractivity contribution in [2.75, 3.05) is 20.2 Å². The number of carbonyl (C=O) groups excluding carboxylic acids is 1. The topological polar surface area (TPSA) is 104 Å². The molecule has 8 nitrogen and oxygen atoms in total. The number of carboxylic acid groups (broad SMARTS) is 1. The number of nitrogens with zero attached hydrogens (tertiary/aromatic N) is 2. The van der Waals surface area contributed by atoms with Gasteiger partial charge >= 0.3 is 12.0 Å². The largest absolute Gasteiger partial charge is 0.481 e. The van der Waals surface area contributed by atoms with E-state index in [2.05, 4.69) is 15.6 Å². The highest BCUT2D eigenvalue weighted by atomic mass is 16.5. The second-order valence-corrected chi connectivity index (χ2v) is 5.81. The maximum Gasteiger partial charge on any atom is 0.317 e. The lowest BCUT2D eigenvalue weighted by Gasteiger charge is -2.42. The Morgan fingerprint density at radius 1 is 1.46 bits per heavy atom. The van der Waals surface area contributed by atoms with Gasteiger partial charge in [0.05, 0.1) is 13.7 Å². The van der Waals surface area contributed by atoms with E-state index in [4.69, 9.17) is 9.84 Å². The van der Waals surface area contributed by atoms with Crippen molar-refractivity contribution in [3.63, 3.8) is 0 Å². The van der Waals surface area contributed by atoms with Crippen LogP contribution in [0.5, 0.6) is 5.88 Å². The highest BCUT2D eigenvalue weighted by Gasteiger charge is 2.34. The molecule has 24 heavy (non-hydrogen) atoms. The Bertz CT molecular complexity index is 575. The first-order valence-electron chi connectivity index (χ1n) is 8.01. The van der Waals surface area contributed by atoms with Crippen LogP contribution < -0.4 is 15.4 Å². The quantitative estimate of drug-likeness (QED) is 0.649. The van der Waals surface area contributed by atoms with Crippen LogP contribution >= 0.6 is 0 Å². The van der Waals surface area contributed by atoms with Crippen LogP contribution in [-0.2, 0) is 11.3 Å². The van der Waals surface area contributed by atoms with E-state index in [1.54, 1.807) is 19.4 Å². The van der Waals surface area contributed by atoms with Crippen LogP contribution in [-0.4, -0.2) is 59.3 Å². The molecule has 1 aromatic heterocycles. The standard InChI is InChI=1S/C16H24N4O4/c1-3-20(10-15(21)22)13-7-12(8-13)19-16(23)18-9-11-4-5-17-14(6-11)24-2/h4-6,12-13H,3,7-10H2,1-2H3,(H,21,22)(H2,18,19,23). The number of pyridine rings is 1. The molecule has 2 rings (SSSR count). The number of hydrogen-bond donors (Lipinski definition) is 3. The molecule has 1 aliphatic rings. The van der Waals surface area contributed by atoms with Gasteiger partial charge in [0.1, 0.15) is 0 Å². The Kier molecular flexibility index (Phi) is 6.36. The molecule has 0 atom stereocenters. The minimum Gasteiger partial charge on any atom is -0.481 e. The summed E-state index contributed by atoms with van der Waals surface area (Å²) in [4.78, 5) is 28.7. The average Bonchev–Trinajstić information content (AvgIpc) is 2.54. The van der Waals surface area contributed by atoms with E-state index in [1.807, 2.05) is 17.9 Å². The Labute approximate surface area is 141 Å². The molecule has 1 heterocycles. The SMILES string of the molecule is CCN(CC(=O)O)C1CC(NC(=O)NCc2ccnc(OC)c2)C1. The molecule has 0 aromatic carbocycles. The lowest BCUT2D eigenvalue weighted by atomic mass is 9.85. The van der Waals surface area contributed by atoms with Gasteiger partial charge in [-0.1, -0.05) is 6.92 Å². The highest BCUT2D eigenvalue weighted by Crippen LogP contribution is 2.25. The summed E-state index contributed by atoms with van der Waals surface area (Å²) in [5, 5.41) is 14.6. The predicted molar refractivity (Wildman–Crippen MR) is 87.9 cm³/mol. The minimum atomic E-state index is -0.821. The van der Waals surface area contributed by atoms with Crippen LogP contribution in [0.4, 0.5) is 4.79 Å². The van der Waals surface area contributed by atoms with Crippen molar-refractivity contribution in [1.29, 1.82) is 0 Å². The minimum absolute atomic E-state index is 0.0456. The summed E-state index contributed by atoms with van der Waals surface area (Å²) in [5.41, 5.74) is 0.905. The molecule has 1 aliphatic carbocycles. The molecule has 2 amide bonds. The Morgan fingerprint density at radius 2 is 2.21 bits per heavy atom. The number of carbonyl (C=O) groups is 2. The van der Waals surface area contributed by atoms with Crippen LogP contribution in [0.2, 0.25) is 0 Å². The molecular formula is C16H24N4O4. The van der Waals surface area contributed by atoms with Crippen molar-refractivity contribution in [3.05, 3.63) is 23.9 Å². The molecule has 1 aromatic rings. The first-order valence-corrected chi connectivity index (χ1v) is 8.01. The molecule has 0 aliphatic heterocycles. The number of amides is 2. The zero-order valence-electron chi connectivity index (χ0n) is 14.0.